The minimum Gasteiger partial charge on any atom is -0.360 e. The van der Waals surface area contributed by atoms with Crippen LogP contribution < -0.4 is 5.32 Å². The second-order valence-corrected chi connectivity index (χ2v) is 6.21. The van der Waals surface area contributed by atoms with Crippen LogP contribution in [0, 0.1) is 17.3 Å². The van der Waals surface area contributed by atoms with Crippen molar-refractivity contribution in [1.29, 1.82) is 0 Å². The lowest BCUT2D eigenvalue weighted by molar-refractivity contribution is -0.210. The van der Waals surface area contributed by atoms with Gasteiger partial charge in [0.05, 0.1) is 6.61 Å². The summed E-state index contributed by atoms with van der Waals surface area (Å²) in [7, 11) is 0. The van der Waals surface area contributed by atoms with Gasteiger partial charge in [-0.05, 0) is 30.1 Å². The van der Waals surface area contributed by atoms with Crippen molar-refractivity contribution in [3.63, 3.8) is 0 Å². The minimum atomic E-state index is 0.0505. The molecule has 0 aromatic rings. The fourth-order valence-electron chi connectivity index (χ4n) is 2.84. The summed E-state index contributed by atoms with van der Waals surface area (Å²) in [6, 6.07) is 0. The molecular weight excluding hydrogens is 174 g/mol. The molecular formula is C12H23NO. The van der Waals surface area contributed by atoms with Gasteiger partial charge in [0.2, 0.25) is 0 Å². The molecule has 14 heavy (non-hydrogen) atoms. The Balaban J connectivity index is 1.86. The molecule has 2 nitrogen and oxygen atoms in total. The quantitative estimate of drug-likeness (QED) is 0.697. The number of hydrogen-bond donors (Lipinski definition) is 1. The highest BCUT2D eigenvalue weighted by molar-refractivity contribution is 5.01. The molecule has 1 atom stereocenters. The first-order chi connectivity index (χ1) is 6.43. The van der Waals surface area contributed by atoms with E-state index in [1.54, 1.807) is 0 Å². The third kappa shape index (κ3) is 1.82. The standard InChI is InChI=1S/C12H23NO/c1-9(2)10-5-13-12(14-6-10)7-11(3,4)8-12/h9-10,13H,5-8H2,1-4H3. The van der Waals surface area contributed by atoms with E-state index in [-0.39, 0.29) is 5.72 Å². The fourth-order valence-corrected chi connectivity index (χ4v) is 2.84. The van der Waals surface area contributed by atoms with Gasteiger partial charge in [-0.25, -0.2) is 0 Å². The third-order valence-corrected chi connectivity index (χ3v) is 3.73. The van der Waals surface area contributed by atoms with Crippen LogP contribution in [-0.4, -0.2) is 18.9 Å². The van der Waals surface area contributed by atoms with E-state index in [1.807, 2.05) is 0 Å². The average Bonchev–Trinajstić information content (AvgIpc) is 2.01. The predicted molar refractivity (Wildman–Crippen MR) is 58.0 cm³/mol. The van der Waals surface area contributed by atoms with Crippen LogP contribution in [0.1, 0.15) is 40.5 Å². The molecule has 1 aliphatic heterocycles. The zero-order valence-electron chi connectivity index (χ0n) is 9.89. The van der Waals surface area contributed by atoms with Gasteiger partial charge in [0, 0.05) is 6.54 Å². The molecule has 82 valence electrons. The third-order valence-electron chi connectivity index (χ3n) is 3.73. The maximum atomic E-state index is 6.00. The van der Waals surface area contributed by atoms with Gasteiger partial charge in [0.1, 0.15) is 5.72 Å². The van der Waals surface area contributed by atoms with Crippen LogP contribution >= 0.6 is 0 Å². The molecule has 2 fully saturated rings. The van der Waals surface area contributed by atoms with Gasteiger partial charge in [-0.15, -0.1) is 0 Å². The summed E-state index contributed by atoms with van der Waals surface area (Å²) in [6.45, 7) is 11.3. The number of nitrogens with one attached hydrogen (secondary N) is 1. The summed E-state index contributed by atoms with van der Waals surface area (Å²) in [4.78, 5) is 0. The van der Waals surface area contributed by atoms with E-state index in [1.165, 1.54) is 12.8 Å². The molecule has 1 heterocycles. The highest BCUT2D eigenvalue weighted by Gasteiger charge is 2.51. The maximum Gasteiger partial charge on any atom is 0.120 e. The zero-order chi connectivity index (χ0) is 10.4. The molecule has 2 rings (SSSR count). The summed E-state index contributed by atoms with van der Waals surface area (Å²) >= 11 is 0. The fraction of sp³-hybridized carbons (Fsp3) is 1.00. The van der Waals surface area contributed by atoms with E-state index in [2.05, 4.69) is 33.0 Å². The highest BCUT2D eigenvalue weighted by atomic mass is 16.5. The van der Waals surface area contributed by atoms with E-state index >= 15 is 0 Å². The zero-order valence-corrected chi connectivity index (χ0v) is 9.89. The van der Waals surface area contributed by atoms with Crippen LogP contribution in [0.15, 0.2) is 0 Å². The lowest BCUT2D eigenvalue weighted by atomic mass is 9.65. The molecule has 0 aromatic heterocycles. The Labute approximate surface area is 87.4 Å². The van der Waals surface area contributed by atoms with Gasteiger partial charge < -0.3 is 4.74 Å². The molecule has 0 bridgehead atoms. The molecule has 1 spiro atoms. The molecule has 2 aliphatic rings. The van der Waals surface area contributed by atoms with Crippen LogP contribution in [0.2, 0.25) is 0 Å². The molecule has 1 aliphatic carbocycles. The van der Waals surface area contributed by atoms with Crippen molar-refractivity contribution in [2.24, 2.45) is 17.3 Å². The van der Waals surface area contributed by atoms with Crippen molar-refractivity contribution >= 4 is 0 Å². The summed E-state index contributed by atoms with van der Waals surface area (Å²) in [5, 5.41) is 3.60. The van der Waals surface area contributed by atoms with Gasteiger partial charge in [0.15, 0.2) is 0 Å². The SMILES string of the molecule is CC(C)C1CNC2(CC(C)(C)C2)OC1. The Hall–Kier alpha value is -0.0800. The van der Waals surface area contributed by atoms with Crippen LogP contribution in [0.5, 0.6) is 0 Å². The summed E-state index contributed by atoms with van der Waals surface area (Å²) in [5.41, 5.74) is 0.534. The van der Waals surface area contributed by atoms with Crippen LogP contribution in [0.25, 0.3) is 0 Å². The van der Waals surface area contributed by atoms with Crippen molar-refractivity contribution in [2.45, 2.75) is 46.3 Å². The van der Waals surface area contributed by atoms with E-state index in [4.69, 9.17) is 4.74 Å². The van der Waals surface area contributed by atoms with Gasteiger partial charge in [0.25, 0.3) is 0 Å². The average molecular weight is 197 g/mol. The normalized spacial score (nSPS) is 34.5. The molecule has 1 saturated carbocycles. The Kier molecular flexibility index (Phi) is 2.39. The Morgan fingerprint density at radius 1 is 1.29 bits per heavy atom. The first-order valence-electron chi connectivity index (χ1n) is 5.82. The van der Waals surface area contributed by atoms with E-state index in [9.17, 15) is 0 Å². The Morgan fingerprint density at radius 2 is 1.93 bits per heavy atom. The molecule has 0 aromatic carbocycles. The monoisotopic (exact) mass is 197 g/mol. The minimum absolute atomic E-state index is 0.0505. The molecule has 0 radical (unpaired) electrons. The van der Waals surface area contributed by atoms with Gasteiger partial charge in [-0.2, -0.15) is 0 Å². The lowest BCUT2D eigenvalue weighted by Gasteiger charge is -2.56. The summed E-state index contributed by atoms with van der Waals surface area (Å²) in [6.07, 6.45) is 2.34. The number of hydrogen-bond acceptors (Lipinski definition) is 2. The van der Waals surface area contributed by atoms with Gasteiger partial charge in [-0.3, -0.25) is 5.32 Å². The molecule has 1 unspecified atom stereocenters. The second kappa shape index (κ2) is 3.21. The highest BCUT2D eigenvalue weighted by Crippen LogP contribution is 2.49. The van der Waals surface area contributed by atoms with Crippen molar-refractivity contribution in [1.82, 2.24) is 5.32 Å². The van der Waals surface area contributed by atoms with E-state index in [0.717, 1.165) is 19.1 Å². The van der Waals surface area contributed by atoms with Crippen LogP contribution in [0.3, 0.4) is 0 Å². The smallest absolute Gasteiger partial charge is 0.120 e. The van der Waals surface area contributed by atoms with Crippen LogP contribution in [0.4, 0.5) is 0 Å². The largest absolute Gasteiger partial charge is 0.360 e. The van der Waals surface area contributed by atoms with E-state index < -0.39 is 0 Å². The van der Waals surface area contributed by atoms with Crippen molar-refractivity contribution in [2.75, 3.05) is 13.2 Å². The molecule has 2 heteroatoms. The molecule has 1 N–H and O–H groups in total. The predicted octanol–water partition coefficient (Wildman–Crippen LogP) is 2.39. The van der Waals surface area contributed by atoms with Crippen molar-refractivity contribution < 1.29 is 4.74 Å². The molecule has 0 amide bonds. The number of rotatable bonds is 1. The summed E-state index contributed by atoms with van der Waals surface area (Å²) < 4.78 is 6.00. The van der Waals surface area contributed by atoms with E-state index in [0.29, 0.717) is 11.3 Å². The second-order valence-electron chi connectivity index (χ2n) is 6.21. The van der Waals surface area contributed by atoms with Gasteiger partial charge >= 0.3 is 0 Å². The first kappa shape index (κ1) is 10.4. The number of ether oxygens (including phenoxy) is 1. The Morgan fingerprint density at radius 3 is 2.29 bits per heavy atom. The topological polar surface area (TPSA) is 21.3 Å². The first-order valence-corrected chi connectivity index (χ1v) is 5.82. The maximum absolute atomic E-state index is 6.00. The van der Waals surface area contributed by atoms with Crippen LogP contribution in [-0.2, 0) is 4.74 Å². The Bertz CT molecular complexity index is 204. The van der Waals surface area contributed by atoms with Gasteiger partial charge in [-0.1, -0.05) is 27.7 Å². The summed E-state index contributed by atoms with van der Waals surface area (Å²) in [5.74, 6) is 1.43. The lowest BCUT2D eigenvalue weighted by Crippen LogP contribution is -2.64. The van der Waals surface area contributed by atoms with Crippen molar-refractivity contribution in [3.05, 3.63) is 0 Å². The van der Waals surface area contributed by atoms with Crippen molar-refractivity contribution in [3.8, 4) is 0 Å². The molecule has 1 saturated heterocycles.